The largest absolute Gasteiger partial charge is 0.361 e. The van der Waals surface area contributed by atoms with Crippen molar-refractivity contribution in [3.05, 3.63) is 39.4 Å². The Morgan fingerprint density at radius 3 is 2.82 bits per heavy atom. The molecule has 0 bridgehead atoms. The van der Waals surface area contributed by atoms with E-state index in [1.54, 1.807) is 0 Å². The zero-order valence-electron chi connectivity index (χ0n) is 13.0. The van der Waals surface area contributed by atoms with E-state index in [-0.39, 0.29) is 11.9 Å². The number of carbonyl (C=O) groups excluding carboxylic acids is 1. The van der Waals surface area contributed by atoms with Gasteiger partial charge < -0.3 is 9.84 Å². The van der Waals surface area contributed by atoms with E-state index >= 15 is 0 Å². The Balaban J connectivity index is 1.49. The lowest BCUT2D eigenvalue weighted by Crippen LogP contribution is -2.44. The summed E-state index contributed by atoms with van der Waals surface area (Å²) in [4.78, 5) is 15.3. The molecule has 0 saturated carbocycles. The van der Waals surface area contributed by atoms with Gasteiger partial charge in [0.25, 0.3) is 5.91 Å². The van der Waals surface area contributed by atoms with Gasteiger partial charge in [-0.3, -0.25) is 9.69 Å². The lowest BCUT2D eigenvalue weighted by molar-refractivity contribution is 0.0913. The fraction of sp³-hybridized carbons (Fsp3) is 0.500. The number of carbonyl (C=O) groups is 1. The monoisotopic (exact) mass is 319 g/mol. The van der Waals surface area contributed by atoms with Gasteiger partial charge in [-0.1, -0.05) is 11.2 Å². The molecule has 1 N–H and O–H groups in total. The first kappa shape index (κ1) is 15.2. The SMILES string of the molecule is Cc1noc(C)c1CN1CCC(NC(=O)c2cccs2)CC1. The first-order valence-corrected chi connectivity index (χ1v) is 8.50. The number of nitrogens with zero attached hydrogens (tertiary/aromatic N) is 2. The zero-order chi connectivity index (χ0) is 15.5. The molecule has 1 aliphatic heterocycles. The summed E-state index contributed by atoms with van der Waals surface area (Å²) in [6.07, 6.45) is 1.97. The number of thiophene rings is 1. The van der Waals surface area contributed by atoms with Gasteiger partial charge in [0.15, 0.2) is 0 Å². The maximum atomic E-state index is 12.1. The summed E-state index contributed by atoms with van der Waals surface area (Å²) in [6, 6.07) is 4.05. The number of likely N-dealkylation sites (tertiary alicyclic amines) is 1. The van der Waals surface area contributed by atoms with E-state index in [2.05, 4.69) is 15.4 Å². The molecule has 1 amide bonds. The van der Waals surface area contributed by atoms with Crippen LogP contribution < -0.4 is 5.32 Å². The van der Waals surface area contributed by atoms with E-state index in [9.17, 15) is 4.79 Å². The molecule has 0 radical (unpaired) electrons. The van der Waals surface area contributed by atoms with Crippen LogP contribution in [-0.4, -0.2) is 35.1 Å². The second-order valence-corrected chi connectivity index (χ2v) is 6.75. The molecule has 3 rings (SSSR count). The molecule has 0 aliphatic carbocycles. The van der Waals surface area contributed by atoms with Crippen LogP contribution in [0.2, 0.25) is 0 Å². The average Bonchev–Trinajstić information content (AvgIpc) is 3.15. The van der Waals surface area contributed by atoms with Gasteiger partial charge in [0.05, 0.1) is 10.6 Å². The average molecular weight is 319 g/mol. The standard InChI is InChI=1S/C16H21N3O2S/c1-11-14(12(2)21-18-11)10-19-7-5-13(6-8-19)17-16(20)15-4-3-9-22-15/h3-4,9,13H,5-8,10H2,1-2H3,(H,17,20). The van der Waals surface area contributed by atoms with E-state index in [1.165, 1.54) is 16.9 Å². The molecule has 2 aromatic heterocycles. The van der Waals surface area contributed by atoms with Crippen LogP contribution in [0.1, 0.15) is 39.5 Å². The third-order valence-corrected chi connectivity index (χ3v) is 5.10. The third-order valence-electron chi connectivity index (χ3n) is 4.23. The molecule has 0 unspecified atom stereocenters. The van der Waals surface area contributed by atoms with E-state index < -0.39 is 0 Å². The van der Waals surface area contributed by atoms with Gasteiger partial charge in [0, 0.05) is 31.2 Å². The van der Waals surface area contributed by atoms with Gasteiger partial charge in [-0.2, -0.15) is 0 Å². The third kappa shape index (κ3) is 3.39. The van der Waals surface area contributed by atoms with Crippen LogP contribution in [0.25, 0.3) is 0 Å². The van der Waals surface area contributed by atoms with Crippen LogP contribution >= 0.6 is 11.3 Å². The van der Waals surface area contributed by atoms with Crippen LogP contribution in [0.3, 0.4) is 0 Å². The Kier molecular flexibility index (Phi) is 4.59. The molecule has 0 aromatic carbocycles. The molecule has 1 aliphatic rings. The Bertz CT molecular complexity index is 608. The van der Waals surface area contributed by atoms with Crippen LogP contribution in [0.5, 0.6) is 0 Å². The highest BCUT2D eigenvalue weighted by molar-refractivity contribution is 7.12. The quantitative estimate of drug-likeness (QED) is 0.941. The number of hydrogen-bond donors (Lipinski definition) is 1. The number of nitrogens with one attached hydrogen (secondary N) is 1. The summed E-state index contributed by atoms with van der Waals surface area (Å²) in [7, 11) is 0. The molecule has 1 saturated heterocycles. The van der Waals surface area contributed by atoms with Crippen molar-refractivity contribution < 1.29 is 9.32 Å². The van der Waals surface area contributed by atoms with Crippen molar-refractivity contribution >= 4 is 17.2 Å². The number of rotatable bonds is 4. The highest BCUT2D eigenvalue weighted by atomic mass is 32.1. The summed E-state index contributed by atoms with van der Waals surface area (Å²) >= 11 is 1.49. The predicted molar refractivity (Wildman–Crippen MR) is 86.1 cm³/mol. The Morgan fingerprint density at radius 1 is 1.45 bits per heavy atom. The summed E-state index contributed by atoms with van der Waals surface area (Å²) in [5.41, 5.74) is 2.17. The fourth-order valence-corrected chi connectivity index (χ4v) is 3.48. The Hall–Kier alpha value is -1.66. The van der Waals surface area contributed by atoms with Crippen molar-refractivity contribution in [1.29, 1.82) is 0 Å². The number of aryl methyl sites for hydroxylation is 2. The van der Waals surface area contributed by atoms with Crippen molar-refractivity contribution in [2.75, 3.05) is 13.1 Å². The van der Waals surface area contributed by atoms with E-state index in [4.69, 9.17) is 4.52 Å². The molecule has 5 nitrogen and oxygen atoms in total. The molecule has 118 valence electrons. The molecule has 2 aromatic rings. The van der Waals surface area contributed by atoms with Gasteiger partial charge in [-0.25, -0.2) is 0 Å². The minimum Gasteiger partial charge on any atom is -0.361 e. The maximum Gasteiger partial charge on any atom is 0.261 e. The second-order valence-electron chi connectivity index (χ2n) is 5.80. The zero-order valence-corrected chi connectivity index (χ0v) is 13.8. The van der Waals surface area contributed by atoms with Gasteiger partial charge in [-0.05, 0) is 38.1 Å². The fourth-order valence-electron chi connectivity index (χ4n) is 2.85. The lowest BCUT2D eigenvalue weighted by atomic mass is 10.0. The van der Waals surface area contributed by atoms with E-state index in [0.717, 1.165) is 48.8 Å². The second kappa shape index (κ2) is 6.62. The molecule has 6 heteroatoms. The number of piperidine rings is 1. The summed E-state index contributed by atoms with van der Waals surface area (Å²) < 4.78 is 5.22. The van der Waals surface area contributed by atoms with Crippen LogP contribution in [-0.2, 0) is 6.54 Å². The predicted octanol–water partition coefficient (Wildman–Crippen LogP) is 2.75. The molecule has 1 fully saturated rings. The normalized spacial score (nSPS) is 16.8. The van der Waals surface area contributed by atoms with Gasteiger partial charge in [0.2, 0.25) is 0 Å². The van der Waals surface area contributed by atoms with E-state index in [0.29, 0.717) is 0 Å². The summed E-state index contributed by atoms with van der Waals surface area (Å²) in [5.74, 6) is 0.963. The van der Waals surface area contributed by atoms with Crippen molar-refractivity contribution in [1.82, 2.24) is 15.4 Å². The topological polar surface area (TPSA) is 58.4 Å². The summed E-state index contributed by atoms with van der Waals surface area (Å²) in [6.45, 7) is 6.80. The lowest BCUT2D eigenvalue weighted by Gasteiger charge is -2.32. The first-order valence-electron chi connectivity index (χ1n) is 7.62. The summed E-state index contributed by atoms with van der Waals surface area (Å²) in [5, 5.41) is 9.08. The van der Waals surface area contributed by atoms with Crippen LogP contribution in [0.4, 0.5) is 0 Å². The van der Waals surface area contributed by atoms with Gasteiger partial charge in [0.1, 0.15) is 5.76 Å². The number of amides is 1. The van der Waals surface area contributed by atoms with Gasteiger partial charge in [-0.15, -0.1) is 11.3 Å². The first-order chi connectivity index (χ1) is 10.6. The highest BCUT2D eigenvalue weighted by Crippen LogP contribution is 2.19. The van der Waals surface area contributed by atoms with E-state index in [1.807, 2.05) is 31.4 Å². The van der Waals surface area contributed by atoms with Crippen molar-refractivity contribution in [2.24, 2.45) is 0 Å². The van der Waals surface area contributed by atoms with Gasteiger partial charge >= 0.3 is 0 Å². The molecule has 0 spiro atoms. The molecule has 0 atom stereocenters. The Labute approximate surface area is 134 Å². The number of hydrogen-bond acceptors (Lipinski definition) is 5. The van der Waals surface area contributed by atoms with Crippen LogP contribution in [0, 0.1) is 13.8 Å². The van der Waals surface area contributed by atoms with Crippen molar-refractivity contribution in [3.8, 4) is 0 Å². The number of aromatic nitrogens is 1. The molecule has 22 heavy (non-hydrogen) atoms. The van der Waals surface area contributed by atoms with Crippen LogP contribution in [0.15, 0.2) is 22.0 Å². The highest BCUT2D eigenvalue weighted by Gasteiger charge is 2.23. The molecule has 3 heterocycles. The molecular weight excluding hydrogens is 298 g/mol. The minimum atomic E-state index is 0.0548. The van der Waals surface area contributed by atoms with Crippen molar-refractivity contribution in [2.45, 2.75) is 39.3 Å². The maximum absolute atomic E-state index is 12.1. The Morgan fingerprint density at radius 2 is 2.23 bits per heavy atom. The van der Waals surface area contributed by atoms with Crippen molar-refractivity contribution in [3.63, 3.8) is 0 Å². The molecular formula is C16H21N3O2S. The minimum absolute atomic E-state index is 0.0548. The smallest absolute Gasteiger partial charge is 0.261 e.